The van der Waals surface area contributed by atoms with E-state index in [4.69, 9.17) is 4.74 Å². The van der Waals surface area contributed by atoms with Gasteiger partial charge in [-0.25, -0.2) is 8.42 Å². The Labute approximate surface area is 195 Å². The second-order valence-corrected chi connectivity index (χ2v) is 11.9. The number of aliphatic imine (C=N–C) groups is 1. The fourth-order valence-electron chi connectivity index (χ4n) is 3.86. The summed E-state index contributed by atoms with van der Waals surface area (Å²) < 4.78 is 29.6. The van der Waals surface area contributed by atoms with Crippen molar-refractivity contribution in [2.45, 2.75) is 37.7 Å². The fourth-order valence-corrected chi connectivity index (χ4v) is 6.09. The molecule has 0 spiro atoms. The van der Waals surface area contributed by atoms with Gasteiger partial charge in [-0.2, -0.15) is 0 Å². The Bertz CT molecular complexity index is 783. The standard InChI is InChI=1S/C19H32N4O3S2.HI/c1-15-13-22(7-9-26-15)16(17-6-5-10-27-17)12-21-18(20-4)23-8-11-28(24,25)19(2,3)14-23;/h5-6,10,15-16H,7-9,11-14H2,1-4H3,(H,20,21);1H. The second-order valence-electron chi connectivity index (χ2n) is 8.14. The number of morpholine rings is 1. The average Bonchev–Trinajstić information content (AvgIpc) is 3.16. The number of sulfone groups is 1. The van der Waals surface area contributed by atoms with Crippen LogP contribution in [0, 0.1) is 0 Å². The van der Waals surface area contributed by atoms with Crippen LogP contribution in [0.2, 0.25) is 0 Å². The second kappa shape index (κ2) is 10.3. The molecule has 7 nitrogen and oxygen atoms in total. The Balaban J connectivity index is 0.00000300. The van der Waals surface area contributed by atoms with Gasteiger partial charge in [0.05, 0.1) is 29.3 Å². The van der Waals surface area contributed by atoms with E-state index in [9.17, 15) is 8.42 Å². The molecule has 29 heavy (non-hydrogen) atoms. The van der Waals surface area contributed by atoms with Crippen molar-refractivity contribution in [3.05, 3.63) is 22.4 Å². The Hall–Kier alpha value is -0.430. The fraction of sp³-hybridized carbons (Fsp3) is 0.737. The number of halogens is 1. The SMILES string of the molecule is CN=C(NCC(c1cccs1)N1CCOC(C)C1)N1CCS(=O)(=O)C(C)(C)C1.I. The van der Waals surface area contributed by atoms with Crippen LogP contribution in [0.3, 0.4) is 0 Å². The maximum absolute atomic E-state index is 12.3. The molecule has 1 aromatic rings. The molecule has 0 amide bonds. The summed E-state index contributed by atoms with van der Waals surface area (Å²) in [5, 5.41) is 5.62. The van der Waals surface area contributed by atoms with Gasteiger partial charge in [-0.15, -0.1) is 35.3 Å². The van der Waals surface area contributed by atoms with E-state index in [0.29, 0.717) is 13.1 Å². The molecular weight excluding hydrogens is 523 g/mol. The van der Waals surface area contributed by atoms with Crippen LogP contribution in [0.1, 0.15) is 31.7 Å². The maximum Gasteiger partial charge on any atom is 0.193 e. The molecule has 2 fully saturated rings. The monoisotopic (exact) mass is 556 g/mol. The Kier molecular flexibility index (Phi) is 8.78. The van der Waals surface area contributed by atoms with Crippen molar-refractivity contribution in [3.8, 4) is 0 Å². The number of ether oxygens (including phenoxy) is 1. The normalized spacial score (nSPS) is 25.9. The van der Waals surface area contributed by atoms with Crippen LogP contribution in [0.5, 0.6) is 0 Å². The van der Waals surface area contributed by atoms with E-state index in [1.165, 1.54) is 4.88 Å². The van der Waals surface area contributed by atoms with E-state index in [1.807, 2.05) is 0 Å². The lowest BCUT2D eigenvalue weighted by molar-refractivity contribution is -0.0334. The summed E-state index contributed by atoms with van der Waals surface area (Å²) in [7, 11) is -1.31. The van der Waals surface area contributed by atoms with Gasteiger partial charge in [0.2, 0.25) is 0 Å². The molecule has 166 valence electrons. The van der Waals surface area contributed by atoms with Gasteiger partial charge in [-0.3, -0.25) is 9.89 Å². The minimum Gasteiger partial charge on any atom is -0.376 e. The molecule has 2 atom stereocenters. The molecule has 2 saturated heterocycles. The van der Waals surface area contributed by atoms with E-state index in [0.717, 1.165) is 32.2 Å². The highest BCUT2D eigenvalue weighted by atomic mass is 127. The summed E-state index contributed by atoms with van der Waals surface area (Å²) in [6.07, 6.45) is 0.226. The van der Waals surface area contributed by atoms with Crippen molar-refractivity contribution in [3.63, 3.8) is 0 Å². The topological polar surface area (TPSA) is 74.2 Å². The summed E-state index contributed by atoms with van der Waals surface area (Å²) >= 11 is 1.76. The summed E-state index contributed by atoms with van der Waals surface area (Å²) in [6.45, 7) is 9.91. The highest BCUT2D eigenvalue weighted by molar-refractivity contribution is 14.0. The van der Waals surface area contributed by atoms with Gasteiger partial charge in [0.1, 0.15) is 0 Å². The molecule has 2 unspecified atom stereocenters. The minimum absolute atomic E-state index is 0. The van der Waals surface area contributed by atoms with Crippen LogP contribution < -0.4 is 5.32 Å². The van der Waals surface area contributed by atoms with Gasteiger partial charge in [0.25, 0.3) is 0 Å². The van der Waals surface area contributed by atoms with Gasteiger partial charge < -0.3 is 15.0 Å². The van der Waals surface area contributed by atoms with Gasteiger partial charge in [0, 0.05) is 44.6 Å². The van der Waals surface area contributed by atoms with E-state index >= 15 is 0 Å². The predicted octanol–water partition coefficient (Wildman–Crippen LogP) is 2.21. The van der Waals surface area contributed by atoms with Crippen LogP contribution in [0.15, 0.2) is 22.5 Å². The van der Waals surface area contributed by atoms with Crippen LogP contribution >= 0.6 is 35.3 Å². The number of hydrogen-bond donors (Lipinski definition) is 1. The van der Waals surface area contributed by atoms with Crippen LogP contribution in [0.25, 0.3) is 0 Å². The highest BCUT2D eigenvalue weighted by Crippen LogP contribution is 2.27. The molecule has 0 radical (unpaired) electrons. The van der Waals surface area contributed by atoms with Gasteiger partial charge in [-0.1, -0.05) is 6.07 Å². The van der Waals surface area contributed by atoms with Crippen LogP contribution in [0.4, 0.5) is 0 Å². The lowest BCUT2D eigenvalue weighted by Crippen LogP contribution is -2.58. The third-order valence-corrected chi connectivity index (χ3v) is 9.10. The van der Waals surface area contributed by atoms with E-state index in [-0.39, 0.29) is 41.9 Å². The molecule has 3 rings (SSSR count). The first-order valence-electron chi connectivity index (χ1n) is 9.80. The number of thiophene rings is 1. The number of nitrogens with one attached hydrogen (secondary N) is 1. The molecule has 2 aliphatic heterocycles. The third kappa shape index (κ3) is 5.84. The van der Waals surface area contributed by atoms with Crippen molar-refractivity contribution in [2.75, 3.05) is 52.1 Å². The molecule has 10 heteroatoms. The number of hydrogen-bond acceptors (Lipinski definition) is 6. The number of rotatable bonds is 4. The summed E-state index contributed by atoms with van der Waals surface area (Å²) in [5.74, 6) is 0.932. The first-order chi connectivity index (χ1) is 13.2. The molecule has 2 aliphatic rings. The highest BCUT2D eigenvalue weighted by Gasteiger charge is 2.41. The van der Waals surface area contributed by atoms with Crippen molar-refractivity contribution in [1.82, 2.24) is 15.1 Å². The third-order valence-electron chi connectivity index (χ3n) is 5.59. The maximum atomic E-state index is 12.3. The van der Waals surface area contributed by atoms with Crippen molar-refractivity contribution in [2.24, 2.45) is 4.99 Å². The summed E-state index contributed by atoms with van der Waals surface area (Å²) in [4.78, 5) is 10.3. The molecular formula is C19H33IN4O3S2. The quantitative estimate of drug-likeness (QED) is 0.349. The number of guanidine groups is 1. The van der Waals surface area contributed by atoms with Crippen molar-refractivity contribution >= 4 is 51.1 Å². The zero-order valence-electron chi connectivity index (χ0n) is 17.6. The first-order valence-corrected chi connectivity index (χ1v) is 12.3. The van der Waals surface area contributed by atoms with Crippen molar-refractivity contribution < 1.29 is 13.2 Å². The van der Waals surface area contributed by atoms with E-state index in [2.05, 4.69) is 44.5 Å². The molecule has 3 heterocycles. The van der Waals surface area contributed by atoms with E-state index < -0.39 is 14.6 Å². The zero-order valence-corrected chi connectivity index (χ0v) is 21.6. The molecule has 0 bridgehead atoms. The lowest BCUT2D eigenvalue weighted by Gasteiger charge is -2.40. The molecule has 1 N–H and O–H groups in total. The molecule has 0 aromatic carbocycles. The van der Waals surface area contributed by atoms with Crippen molar-refractivity contribution in [1.29, 1.82) is 0 Å². The van der Waals surface area contributed by atoms with Gasteiger partial charge in [0.15, 0.2) is 15.8 Å². The summed E-state index contributed by atoms with van der Waals surface area (Å²) in [6, 6.07) is 4.50. The zero-order chi connectivity index (χ0) is 20.4. The summed E-state index contributed by atoms with van der Waals surface area (Å²) in [5.41, 5.74) is 0. The molecule has 0 aliphatic carbocycles. The Morgan fingerprint density at radius 2 is 2.21 bits per heavy atom. The van der Waals surface area contributed by atoms with Gasteiger partial charge in [-0.05, 0) is 32.2 Å². The number of nitrogens with zero attached hydrogens (tertiary/aromatic N) is 3. The smallest absolute Gasteiger partial charge is 0.193 e. The Morgan fingerprint density at radius 1 is 1.45 bits per heavy atom. The predicted molar refractivity (Wildman–Crippen MR) is 130 cm³/mol. The lowest BCUT2D eigenvalue weighted by atomic mass is 10.1. The van der Waals surface area contributed by atoms with Gasteiger partial charge >= 0.3 is 0 Å². The van der Waals surface area contributed by atoms with Crippen LogP contribution in [-0.2, 0) is 14.6 Å². The van der Waals surface area contributed by atoms with E-state index in [1.54, 1.807) is 32.2 Å². The minimum atomic E-state index is -3.07. The molecule has 1 aromatic heterocycles. The average molecular weight is 557 g/mol. The first kappa shape index (κ1) is 24.8. The largest absolute Gasteiger partial charge is 0.376 e. The Morgan fingerprint density at radius 3 is 2.79 bits per heavy atom. The van der Waals surface area contributed by atoms with Crippen LogP contribution in [-0.4, -0.2) is 87.2 Å². The molecule has 0 saturated carbocycles.